The molecule has 0 aromatic heterocycles. The summed E-state index contributed by atoms with van der Waals surface area (Å²) in [6, 6.07) is 13.7. The Balaban J connectivity index is 1.99. The van der Waals surface area contributed by atoms with Crippen LogP contribution < -0.4 is 4.90 Å². The molecule has 0 radical (unpaired) electrons. The molecule has 0 aliphatic carbocycles. The van der Waals surface area contributed by atoms with Gasteiger partial charge in [-0.2, -0.15) is 0 Å². The number of thioether (sulfide) groups is 1. The summed E-state index contributed by atoms with van der Waals surface area (Å²) in [5.41, 5.74) is 1.05. The van der Waals surface area contributed by atoms with E-state index in [1.807, 2.05) is 24.3 Å². The Kier molecular flexibility index (Phi) is 4.42. The minimum atomic E-state index is -0.471. The van der Waals surface area contributed by atoms with Crippen molar-refractivity contribution >= 4 is 61.9 Å². The summed E-state index contributed by atoms with van der Waals surface area (Å²) in [6.07, 6.45) is 1.75. The van der Waals surface area contributed by atoms with E-state index in [0.717, 1.165) is 10.0 Å². The molecule has 0 N–H and O–H groups in total. The molecule has 0 atom stereocenters. The fourth-order valence-corrected chi connectivity index (χ4v) is 3.72. The first-order valence-electron chi connectivity index (χ1n) is 6.35. The molecular weight excluding hydrogens is 385 g/mol. The van der Waals surface area contributed by atoms with Crippen LogP contribution in [0.5, 0.6) is 0 Å². The molecule has 1 aliphatic rings. The van der Waals surface area contributed by atoms with Gasteiger partial charge in [-0.3, -0.25) is 9.69 Å². The van der Waals surface area contributed by atoms with Crippen LogP contribution in [0.2, 0.25) is 0 Å². The number of thiocarbonyl (C=S) groups is 1. The molecule has 1 saturated heterocycles. The molecule has 2 aromatic carbocycles. The molecule has 0 bridgehead atoms. The van der Waals surface area contributed by atoms with Crippen LogP contribution in [0.25, 0.3) is 6.08 Å². The maximum Gasteiger partial charge on any atom is 0.270 e. The van der Waals surface area contributed by atoms with Crippen molar-refractivity contribution in [2.75, 3.05) is 4.90 Å². The SMILES string of the molecule is O=C1C(=Cc2ccccc2Br)SC(=S)N1c1ccccc1F. The van der Waals surface area contributed by atoms with Crippen LogP contribution in [-0.2, 0) is 4.79 Å². The second-order valence-electron chi connectivity index (χ2n) is 4.49. The summed E-state index contributed by atoms with van der Waals surface area (Å²) in [5.74, 6) is -0.781. The highest BCUT2D eigenvalue weighted by Crippen LogP contribution is 2.37. The van der Waals surface area contributed by atoms with Gasteiger partial charge in [0.25, 0.3) is 5.91 Å². The number of para-hydroxylation sites is 1. The zero-order chi connectivity index (χ0) is 15.7. The Morgan fingerprint density at radius 1 is 1.14 bits per heavy atom. The van der Waals surface area contributed by atoms with E-state index in [9.17, 15) is 9.18 Å². The zero-order valence-electron chi connectivity index (χ0n) is 11.1. The molecule has 1 aliphatic heterocycles. The minimum Gasteiger partial charge on any atom is -0.268 e. The van der Waals surface area contributed by atoms with Gasteiger partial charge in [-0.05, 0) is 29.8 Å². The summed E-state index contributed by atoms with van der Waals surface area (Å²) in [5, 5.41) is 0. The van der Waals surface area contributed by atoms with E-state index in [2.05, 4.69) is 15.9 Å². The van der Waals surface area contributed by atoms with E-state index in [-0.39, 0.29) is 11.6 Å². The Bertz CT molecular complexity index is 806. The number of benzene rings is 2. The summed E-state index contributed by atoms with van der Waals surface area (Å²) in [6.45, 7) is 0. The van der Waals surface area contributed by atoms with Crippen molar-refractivity contribution in [3.05, 3.63) is 69.3 Å². The first-order chi connectivity index (χ1) is 10.6. The molecule has 1 fully saturated rings. The van der Waals surface area contributed by atoms with E-state index in [0.29, 0.717) is 9.23 Å². The topological polar surface area (TPSA) is 20.3 Å². The third kappa shape index (κ3) is 2.86. The van der Waals surface area contributed by atoms with Gasteiger partial charge in [-0.15, -0.1) is 0 Å². The fourth-order valence-electron chi connectivity index (χ4n) is 2.04. The van der Waals surface area contributed by atoms with E-state index < -0.39 is 5.82 Å². The van der Waals surface area contributed by atoms with Gasteiger partial charge in [0.05, 0.1) is 10.6 Å². The standard InChI is InChI=1S/C16H9BrFNOS2/c17-11-6-2-1-5-10(11)9-14-15(20)19(16(21)22-14)13-8-4-3-7-12(13)18/h1-9H. The lowest BCUT2D eigenvalue weighted by Crippen LogP contribution is -2.28. The maximum atomic E-state index is 13.9. The van der Waals surface area contributed by atoms with Gasteiger partial charge in [-0.25, -0.2) is 4.39 Å². The number of anilines is 1. The maximum absolute atomic E-state index is 13.9. The molecule has 0 unspecified atom stereocenters. The average molecular weight is 394 g/mol. The first-order valence-corrected chi connectivity index (χ1v) is 8.37. The number of nitrogens with zero attached hydrogens (tertiary/aromatic N) is 1. The van der Waals surface area contributed by atoms with E-state index in [1.165, 1.54) is 22.7 Å². The van der Waals surface area contributed by atoms with Crippen LogP contribution in [0.1, 0.15) is 5.56 Å². The van der Waals surface area contributed by atoms with Crippen molar-refractivity contribution < 1.29 is 9.18 Å². The molecule has 3 rings (SSSR count). The second kappa shape index (κ2) is 6.32. The Labute approximate surface area is 145 Å². The number of rotatable bonds is 2. The van der Waals surface area contributed by atoms with Crippen LogP contribution >= 0.6 is 39.9 Å². The van der Waals surface area contributed by atoms with Crippen LogP contribution in [0.4, 0.5) is 10.1 Å². The molecule has 2 aromatic rings. The van der Waals surface area contributed by atoms with Crippen molar-refractivity contribution in [3.8, 4) is 0 Å². The molecule has 1 amide bonds. The van der Waals surface area contributed by atoms with Crippen molar-refractivity contribution in [2.24, 2.45) is 0 Å². The fraction of sp³-hybridized carbons (Fsp3) is 0. The van der Waals surface area contributed by atoms with Crippen molar-refractivity contribution in [1.82, 2.24) is 0 Å². The molecule has 6 heteroatoms. The zero-order valence-corrected chi connectivity index (χ0v) is 14.3. The highest BCUT2D eigenvalue weighted by molar-refractivity contribution is 9.10. The van der Waals surface area contributed by atoms with Crippen LogP contribution in [-0.4, -0.2) is 10.2 Å². The number of hydrogen-bond acceptors (Lipinski definition) is 3. The largest absolute Gasteiger partial charge is 0.270 e. The molecule has 22 heavy (non-hydrogen) atoms. The Hall–Kier alpha value is -1.50. The number of amides is 1. The van der Waals surface area contributed by atoms with Gasteiger partial charge >= 0.3 is 0 Å². The van der Waals surface area contributed by atoms with Gasteiger partial charge in [0.2, 0.25) is 0 Å². The lowest BCUT2D eigenvalue weighted by atomic mass is 10.2. The number of hydrogen-bond donors (Lipinski definition) is 0. The lowest BCUT2D eigenvalue weighted by molar-refractivity contribution is -0.113. The van der Waals surface area contributed by atoms with Gasteiger partial charge in [0.15, 0.2) is 4.32 Å². The van der Waals surface area contributed by atoms with E-state index in [4.69, 9.17) is 12.2 Å². The quantitative estimate of drug-likeness (QED) is 0.529. The van der Waals surface area contributed by atoms with Crippen LogP contribution in [0, 0.1) is 5.82 Å². The Morgan fingerprint density at radius 3 is 2.55 bits per heavy atom. The van der Waals surface area contributed by atoms with Gasteiger partial charge in [0.1, 0.15) is 5.82 Å². The van der Waals surface area contributed by atoms with E-state index in [1.54, 1.807) is 24.3 Å². The normalized spacial score (nSPS) is 16.6. The average Bonchev–Trinajstić information content (AvgIpc) is 2.77. The molecule has 0 saturated carbocycles. The summed E-state index contributed by atoms with van der Waals surface area (Å²) >= 11 is 9.84. The molecule has 1 heterocycles. The first kappa shape index (κ1) is 15.4. The minimum absolute atomic E-state index is 0.181. The number of carbonyl (C=O) groups is 1. The summed E-state index contributed by atoms with van der Waals surface area (Å²) in [7, 11) is 0. The highest BCUT2D eigenvalue weighted by Gasteiger charge is 2.34. The molecule has 0 spiro atoms. The number of halogens is 2. The van der Waals surface area contributed by atoms with Crippen LogP contribution in [0.15, 0.2) is 57.9 Å². The van der Waals surface area contributed by atoms with Crippen molar-refractivity contribution in [3.63, 3.8) is 0 Å². The van der Waals surface area contributed by atoms with Crippen LogP contribution in [0.3, 0.4) is 0 Å². The van der Waals surface area contributed by atoms with Crippen molar-refractivity contribution in [2.45, 2.75) is 0 Å². The van der Waals surface area contributed by atoms with Gasteiger partial charge in [-0.1, -0.05) is 70.2 Å². The monoisotopic (exact) mass is 393 g/mol. The van der Waals surface area contributed by atoms with Gasteiger partial charge in [0, 0.05) is 4.47 Å². The summed E-state index contributed by atoms with van der Waals surface area (Å²) in [4.78, 5) is 14.3. The Morgan fingerprint density at radius 2 is 1.82 bits per heavy atom. The second-order valence-corrected chi connectivity index (χ2v) is 7.02. The molecular formula is C16H9BrFNOS2. The third-order valence-electron chi connectivity index (χ3n) is 3.08. The highest BCUT2D eigenvalue weighted by atomic mass is 79.9. The third-order valence-corrected chi connectivity index (χ3v) is 5.10. The smallest absolute Gasteiger partial charge is 0.268 e. The van der Waals surface area contributed by atoms with Crippen molar-refractivity contribution in [1.29, 1.82) is 0 Å². The predicted octanol–water partition coefficient (Wildman–Crippen LogP) is 4.99. The molecule has 110 valence electrons. The predicted molar refractivity (Wildman–Crippen MR) is 96.2 cm³/mol. The molecule has 2 nitrogen and oxygen atoms in total. The lowest BCUT2D eigenvalue weighted by Gasteiger charge is -2.14. The summed E-state index contributed by atoms with van der Waals surface area (Å²) < 4.78 is 15.1. The number of carbonyl (C=O) groups excluding carboxylic acids is 1. The van der Waals surface area contributed by atoms with E-state index >= 15 is 0 Å². The van der Waals surface area contributed by atoms with Gasteiger partial charge < -0.3 is 0 Å².